The van der Waals surface area contributed by atoms with E-state index in [4.69, 9.17) is 4.74 Å². The Hall–Kier alpha value is -2.82. The van der Waals surface area contributed by atoms with Crippen molar-refractivity contribution < 1.29 is 14.3 Å². The number of carbonyl (C=O) groups excluding carboxylic acids is 2. The molecule has 3 rings (SSSR count). The first kappa shape index (κ1) is 18.0. The van der Waals surface area contributed by atoms with E-state index in [-0.39, 0.29) is 5.91 Å². The molecule has 1 N–H and O–H groups in total. The van der Waals surface area contributed by atoms with Crippen LogP contribution in [0.1, 0.15) is 36.5 Å². The van der Waals surface area contributed by atoms with Crippen LogP contribution in [0.4, 0.5) is 11.4 Å². The molecule has 1 saturated heterocycles. The molecule has 0 aliphatic carbocycles. The van der Waals surface area contributed by atoms with E-state index in [0.717, 1.165) is 25.1 Å². The van der Waals surface area contributed by atoms with Gasteiger partial charge in [0.25, 0.3) is 5.91 Å². The lowest BCUT2D eigenvalue weighted by Crippen LogP contribution is -2.30. The lowest BCUT2D eigenvalue weighted by Gasteiger charge is -2.28. The third-order valence-corrected chi connectivity index (χ3v) is 4.53. The Kier molecular flexibility index (Phi) is 5.89. The number of nitrogens with one attached hydrogen (secondary N) is 1. The third-order valence-electron chi connectivity index (χ3n) is 4.53. The van der Waals surface area contributed by atoms with Gasteiger partial charge in [-0.05, 0) is 62.6 Å². The van der Waals surface area contributed by atoms with Gasteiger partial charge in [0.1, 0.15) is 12.0 Å². The molecule has 1 heterocycles. The number of hydrogen-bond acceptors (Lipinski definition) is 4. The van der Waals surface area contributed by atoms with E-state index >= 15 is 0 Å². The van der Waals surface area contributed by atoms with E-state index in [1.807, 2.05) is 24.3 Å². The van der Waals surface area contributed by atoms with Crippen LogP contribution >= 0.6 is 0 Å². The van der Waals surface area contributed by atoms with Crippen molar-refractivity contribution in [1.29, 1.82) is 0 Å². The Bertz CT molecular complexity index is 752. The van der Waals surface area contributed by atoms with Crippen LogP contribution in [0.3, 0.4) is 0 Å². The molecule has 5 heteroatoms. The molecule has 136 valence electrons. The first-order valence-corrected chi connectivity index (χ1v) is 9.03. The molecule has 5 nitrogen and oxygen atoms in total. The highest BCUT2D eigenvalue weighted by atomic mass is 16.5. The minimum absolute atomic E-state index is 0.229. The third kappa shape index (κ3) is 4.63. The van der Waals surface area contributed by atoms with Gasteiger partial charge < -0.3 is 15.0 Å². The van der Waals surface area contributed by atoms with Crippen LogP contribution in [-0.4, -0.2) is 31.4 Å². The summed E-state index contributed by atoms with van der Waals surface area (Å²) in [6.45, 7) is 3.87. The maximum atomic E-state index is 12.3. The van der Waals surface area contributed by atoms with E-state index in [9.17, 15) is 9.59 Å². The average Bonchev–Trinajstić information content (AvgIpc) is 2.69. The number of hydrogen-bond donors (Lipinski definition) is 1. The lowest BCUT2D eigenvalue weighted by atomic mass is 10.1. The molecular formula is C21H24N2O3. The second-order valence-electron chi connectivity index (χ2n) is 6.53. The summed E-state index contributed by atoms with van der Waals surface area (Å²) in [4.78, 5) is 25.5. The van der Waals surface area contributed by atoms with Crippen molar-refractivity contribution in [2.24, 2.45) is 0 Å². The van der Waals surface area contributed by atoms with Crippen LogP contribution in [-0.2, 0) is 4.79 Å². The molecule has 0 aromatic heterocycles. The van der Waals surface area contributed by atoms with E-state index in [0.29, 0.717) is 11.3 Å². The molecule has 1 atom stereocenters. The van der Waals surface area contributed by atoms with Gasteiger partial charge in [0.2, 0.25) is 0 Å². The Balaban J connectivity index is 1.57. The number of aldehydes is 1. The number of carbonyl (C=O) groups is 2. The monoisotopic (exact) mass is 352 g/mol. The molecule has 1 aliphatic rings. The van der Waals surface area contributed by atoms with E-state index < -0.39 is 6.10 Å². The highest BCUT2D eigenvalue weighted by Crippen LogP contribution is 2.22. The van der Waals surface area contributed by atoms with Crippen LogP contribution < -0.4 is 15.0 Å². The summed E-state index contributed by atoms with van der Waals surface area (Å²) in [5.41, 5.74) is 2.45. The molecule has 26 heavy (non-hydrogen) atoms. The molecule has 0 saturated carbocycles. The van der Waals surface area contributed by atoms with Crippen molar-refractivity contribution in [2.45, 2.75) is 32.3 Å². The molecule has 2 aromatic carbocycles. The number of amides is 1. The quantitative estimate of drug-likeness (QED) is 0.801. The number of anilines is 2. The van der Waals surface area contributed by atoms with Gasteiger partial charge in [0.15, 0.2) is 6.10 Å². The van der Waals surface area contributed by atoms with E-state index in [2.05, 4.69) is 10.2 Å². The summed E-state index contributed by atoms with van der Waals surface area (Å²) in [5, 5.41) is 2.87. The topological polar surface area (TPSA) is 58.6 Å². The van der Waals surface area contributed by atoms with Crippen molar-refractivity contribution in [2.75, 3.05) is 23.3 Å². The molecule has 1 aliphatic heterocycles. The zero-order chi connectivity index (χ0) is 18.4. The van der Waals surface area contributed by atoms with Crippen molar-refractivity contribution in [1.82, 2.24) is 0 Å². The first-order valence-electron chi connectivity index (χ1n) is 9.03. The van der Waals surface area contributed by atoms with Crippen LogP contribution in [0.15, 0.2) is 48.5 Å². The maximum absolute atomic E-state index is 12.3. The Morgan fingerprint density at radius 1 is 1.12 bits per heavy atom. The Morgan fingerprint density at radius 2 is 1.85 bits per heavy atom. The van der Waals surface area contributed by atoms with Gasteiger partial charge >= 0.3 is 0 Å². The second-order valence-corrected chi connectivity index (χ2v) is 6.53. The molecule has 0 bridgehead atoms. The van der Waals surface area contributed by atoms with Gasteiger partial charge in [-0.1, -0.05) is 12.1 Å². The van der Waals surface area contributed by atoms with E-state index in [1.165, 1.54) is 24.9 Å². The second kappa shape index (κ2) is 8.52. The molecule has 0 radical (unpaired) electrons. The van der Waals surface area contributed by atoms with Crippen LogP contribution in [0.5, 0.6) is 5.75 Å². The van der Waals surface area contributed by atoms with Gasteiger partial charge in [0.05, 0.1) is 0 Å². The fourth-order valence-electron chi connectivity index (χ4n) is 3.07. The summed E-state index contributed by atoms with van der Waals surface area (Å²) >= 11 is 0. The normalized spacial score (nSPS) is 15.2. The average molecular weight is 352 g/mol. The van der Waals surface area contributed by atoms with Gasteiger partial charge in [0, 0.05) is 30.0 Å². The summed E-state index contributed by atoms with van der Waals surface area (Å²) in [7, 11) is 0. The minimum atomic E-state index is -0.668. The van der Waals surface area contributed by atoms with Crippen molar-refractivity contribution in [3.8, 4) is 5.75 Å². The number of ether oxygens (including phenoxy) is 1. The van der Waals surface area contributed by atoms with Gasteiger partial charge in [-0.2, -0.15) is 0 Å². The van der Waals surface area contributed by atoms with Gasteiger partial charge in [-0.15, -0.1) is 0 Å². The molecule has 1 fully saturated rings. The fourth-order valence-corrected chi connectivity index (χ4v) is 3.07. The predicted octanol–water partition coefficient (Wildman–Crippen LogP) is 3.90. The maximum Gasteiger partial charge on any atom is 0.265 e. The SMILES string of the molecule is C[C@@H](Oc1cccc(C=O)c1)C(=O)Nc1ccc(N2CCCCC2)cc1. The molecule has 2 aromatic rings. The largest absolute Gasteiger partial charge is 0.481 e. The smallest absolute Gasteiger partial charge is 0.265 e. The Morgan fingerprint density at radius 3 is 2.54 bits per heavy atom. The molecule has 0 unspecified atom stereocenters. The van der Waals surface area contributed by atoms with Crippen LogP contribution in [0, 0.1) is 0 Å². The zero-order valence-electron chi connectivity index (χ0n) is 15.0. The molecular weight excluding hydrogens is 328 g/mol. The summed E-state index contributed by atoms with van der Waals surface area (Å²) in [5.74, 6) is 0.268. The van der Waals surface area contributed by atoms with Crippen molar-refractivity contribution in [3.05, 3.63) is 54.1 Å². The first-order chi connectivity index (χ1) is 12.7. The van der Waals surface area contributed by atoms with Gasteiger partial charge in [-0.3, -0.25) is 9.59 Å². The van der Waals surface area contributed by atoms with E-state index in [1.54, 1.807) is 31.2 Å². The van der Waals surface area contributed by atoms with Crippen molar-refractivity contribution >= 4 is 23.6 Å². The highest BCUT2D eigenvalue weighted by Gasteiger charge is 2.16. The highest BCUT2D eigenvalue weighted by molar-refractivity contribution is 5.94. The fraction of sp³-hybridized carbons (Fsp3) is 0.333. The predicted molar refractivity (Wildman–Crippen MR) is 103 cm³/mol. The summed E-state index contributed by atoms with van der Waals surface area (Å²) in [6.07, 6.45) is 3.86. The number of nitrogens with zero attached hydrogens (tertiary/aromatic N) is 1. The molecule has 0 spiro atoms. The van der Waals surface area contributed by atoms with Crippen LogP contribution in [0.25, 0.3) is 0 Å². The summed E-state index contributed by atoms with van der Waals surface area (Å²) in [6, 6.07) is 14.7. The lowest BCUT2D eigenvalue weighted by molar-refractivity contribution is -0.122. The summed E-state index contributed by atoms with van der Waals surface area (Å²) < 4.78 is 5.63. The van der Waals surface area contributed by atoms with Gasteiger partial charge in [-0.25, -0.2) is 0 Å². The standard InChI is InChI=1S/C21H24N2O3/c1-16(26-20-7-5-6-17(14-20)15-24)21(25)22-18-8-10-19(11-9-18)23-12-3-2-4-13-23/h5-11,14-16H,2-4,12-13H2,1H3,(H,22,25)/t16-/m1/s1. The molecule has 1 amide bonds. The number of benzene rings is 2. The Labute approximate surface area is 154 Å². The minimum Gasteiger partial charge on any atom is -0.481 e. The zero-order valence-corrected chi connectivity index (χ0v) is 15.0. The van der Waals surface area contributed by atoms with Crippen LogP contribution in [0.2, 0.25) is 0 Å². The van der Waals surface area contributed by atoms with Crippen molar-refractivity contribution in [3.63, 3.8) is 0 Å². The number of rotatable bonds is 6. The number of piperidine rings is 1.